The first kappa shape index (κ1) is 9.34. The molecule has 1 N–H and O–H groups in total. The van der Waals surface area contributed by atoms with Gasteiger partial charge in [0.1, 0.15) is 0 Å². The Balaban J connectivity index is 1.92. The van der Waals surface area contributed by atoms with Crippen molar-refractivity contribution in [3.8, 4) is 0 Å². The van der Waals surface area contributed by atoms with Crippen LogP contribution in [0.5, 0.6) is 0 Å². The Hall–Kier alpha value is -0.220. The van der Waals surface area contributed by atoms with Gasteiger partial charge in [0.15, 0.2) is 0 Å². The van der Waals surface area contributed by atoms with Crippen LogP contribution >= 0.6 is 11.8 Å². The summed E-state index contributed by atoms with van der Waals surface area (Å²) in [6.45, 7) is 2.23. The molecule has 1 aliphatic carbocycles. The molecule has 0 atom stereocenters. The van der Waals surface area contributed by atoms with E-state index in [4.69, 9.17) is 0 Å². The SMILES string of the molecule is CSC1(CN2CNCC2=O)CCC1. The molecular weight excluding hydrogens is 184 g/mol. The highest BCUT2D eigenvalue weighted by Gasteiger charge is 2.39. The molecule has 2 fully saturated rings. The van der Waals surface area contributed by atoms with Crippen LogP contribution in [-0.2, 0) is 4.79 Å². The minimum atomic E-state index is 0.264. The lowest BCUT2D eigenvalue weighted by Crippen LogP contribution is -2.46. The Bertz CT molecular complexity index is 210. The summed E-state index contributed by atoms with van der Waals surface area (Å²) in [7, 11) is 0. The summed E-state index contributed by atoms with van der Waals surface area (Å²) in [5.74, 6) is 0.264. The Morgan fingerprint density at radius 1 is 1.62 bits per heavy atom. The van der Waals surface area contributed by atoms with E-state index < -0.39 is 0 Å². The zero-order chi connectivity index (χ0) is 9.31. The van der Waals surface area contributed by atoms with E-state index in [2.05, 4.69) is 11.6 Å². The highest BCUT2D eigenvalue weighted by atomic mass is 32.2. The molecule has 0 radical (unpaired) electrons. The fourth-order valence-corrected chi connectivity index (χ4v) is 2.97. The van der Waals surface area contributed by atoms with Gasteiger partial charge in [-0.05, 0) is 19.1 Å². The Morgan fingerprint density at radius 3 is 2.77 bits per heavy atom. The van der Waals surface area contributed by atoms with Gasteiger partial charge in [0, 0.05) is 11.3 Å². The molecule has 1 saturated heterocycles. The number of amides is 1. The van der Waals surface area contributed by atoms with E-state index in [9.17, 15) is 4.79 Å². The molecule has 2 rings (SSSR count). The van der Waals surface area contributed by atoms with E-state index in [1.807, 2.05) is 16.7 Å². The highest BCUT2D eigenvalue weighted by molar-refractivity contribution is 8.00. The van der Waals surface area contributed by atoms with Gasteiger partial charge >= 0.3 is 0 Å². The number of carbonyl (C=O) groups excluding carboxylic acids is 1. The summed E-state index contributed by atoms with van der Waals surface area (Å²) in [4.78, 5) is 13.3. The van der Waals surface area contributed by atoms with Crippen molar-refractivity contribution >= 4 is 17.7 Å². The smallest absolute Gasteiger partial charge is 0.237 e. The van der Waals surface area contributed by atoms with Gasteiger partial charge in [-0.15, -0.1) is 0 Å². The third kappa shape index (κ3) is 1.70. The van der Waals surface area contributed by atoms with Gasteiger partial charge in [-0.2, -0.15) is 11.8 Å². The number of rotatable bonds is 3. The molecule has 1 saturated carbocycles. The van der Waals surface area contributed by atoms with E-state index in [0.717, 1.165) is 13.2 Å². The van der Waals surface area contributed by atoms with Gasteiger partial charge < -0.3 is 4.90 Å². The number of nitrogens with zero attached hydrogens (tertiary/aromatic N) is 1. The van der Waals surface area contributed by atoms with Crippen molar-refractivity contribution in [1.82, 2.24) is 10.2 Å². The largest absolute Gasteiger partial charge is 0.327 e. The van der Waals surface area contributed by atoms with E-state index in [1.165, 1.54) is 19.3 Å². The van der Waals surface area contributed by atoms with E-state index in [1.54, 1.807) is 0 Å². The maximum absolute atomic E-state index is 11.4. The van der Waals surface area contributed by atoms with Crippen molar-refractivity contribution in [2.45, 2.75) is 24.0 Å². The lowest BCUT2D eigenvalue weighted by Gasteiger charge is -2.42. The van der Waals surface area contributed by atoms with Crippen LogP contribution < -0.4 is 5.32 Å². The summed E-state index contributed by atoms with van der Waals surface area (Å²) in [6, 6.07) is 0. The van der Waals surface area contributed by atoms with Crippen LogP contribution in [0.4, 0.5) is 0 Å². The van der Waals surface area contributed by atoms with Gasteiger partial charge in [0.2, 0.25) is 5.91 Å². The third-order valence-corrected chi connectivity index (χ3v) is 4.51. The Morgan fingerprint density at radius 2 is 2.38 bits per heavy atom. The lowest BCUT2D eigenvalue weighted by molar-refractivity contribution is -0.127. The van der Waals surface area contributed by atoms with Crippen LogP contribution in [0.15, 0.2) is 0 Å². The number of hydrogen-bond acceptors (Lipinski definition) is 3. The van der Waals surface area contributed by atoms with Gasteiger partial charge in [-0.3, -0.25) is 10.1 Å². The van der Waals surface area contributed by atoms with Crippen LogP contribution in [0.1, 0.15) is 19.3 Å². The average Bonchev–Trinajstić information content (AvgIpc) is 2.44. The van der Waals surface area contributed by atoms with Crippen molar-refractivity contribution in [2.24, 2.45) is 0 Å². The fourth-order valence-electron chi connectivity index (χ4n) is 1.99. The number of thioether (sulfide) groups is 1. The quantitative estimate of drug-likeness (QED) is 0.726. The molecule has 3 nitrogen and oxygen atoms in total. The van der Waals surface area contributed by atoms with Crippen molar-refractivity contribution < 1.29 is 4.79 Å². The molecule has 0 aromatic carbocycles. The summed E-state index contributed by atoms with van der Waals surface area (Å²) in [5, 5.41) is 3.08. The van der Waals surface area contributed by atoms with Crippen molar-refractivity contribution in [3.63, 3.8) is 0 Å². The zero-order valence-electron chi connectivity index (χ0n) is 8.01. The molecule has 1 amide bonds. The molecule has 0 unspecified atom stereocenters. The Kier molecular flexibility index (Phi) is 2.51. The van der Waals surface area contributed by atoms with Crippen LogP contribution in [0, 0.1) is 0 Å². The minimum absolute atomic E-state index is 0.264. The number of hydrogen-bond donors (Lipinski definition) is 1. The average molecular weight is 200 g/mol. The van der Waals surface area contributed by atoms with Gasteiger partial charge in [-0.1, -0.05) is 6.42 Å². The van der Waals surface area contributed by atoms with Crippen LogP contribution in [0.25, 0.3) is 0 Å². The first-order chi connectivity index (χ1) is 6.26. The summed E-state index contributed by atoms with van der Waals surface area (Å²) >= 11 is 1.93. The second kappa shape index (κ2) is 3.50. The Labute approximate surface area is 83.2 Å². The molecule has 1 heterocycles. The molecule has 0 aromatic rings. The van der Waals surface area contributed by atoms with Gasteiger partial charge in [-0.25, -0.2) is 0 Å². The van der Waals surface area contributed by atoms with Crippen LogP contribution in [0.3, 0.4) is 0 Å². The molecule has 0 spiro atoms. The van der Waals surface area contributed by atoms with E-state index >= 15 is 0 Å². The second-order valence-corrected chi connectivity index (χ2v) is 5.19. The predicted octanol–water partition coefficient (Wildman–Crippen LogP) is 0.661. The molecule has 0 bridgehead atoms. The molecular formula is C9H16N2OS. The van der Waals surface area contributed by atoms with E-state index in [0.29, 0.717) is 11.3 Å². The molecule has 4 heteroatoms. The lowest BCUT2D eigenvalue weighted by atomic mass is 9.84. The monoisotopic (exact) mass is 200 g/mol. The zero-order valence-corrected chi connectivity index (χ0v) is 8.82. The standard InChI is InChI=1S/C9H16N2OS/c1-13-9(3-2-4-9)6-11-7-10-5-8(11)12/h10H,2-7H2,1H3. The number of nitrogens with one attached hydrogen (secondary N) is 1. The first-order valence-electron chi connectivity index (χ1n) is 4.79. The van der Waals surface area contributed by atoms with Crippen LogP contribution in [-0.4, -0.2) is 41.6 Å². The maximum atomic E-state index is 11.4. The predicted molar refractivity (Wildman–Crippen MR) is 54.7 cm³/mol. The summed E-state index contributed by atoms with van der Waals surface area (Å²) in [6.07, 6.45) is 6.04. The topological polar surface area (TPSA) is 32.3 Å². The molecule has 13 heavy (non-hydrogen) atoms. The molecule has 74 valence electrons. The van der Waals surface area contributed by atoms with Crippen molar-refractivity contribution in [1.29, 1.82) is 0 Å². The fraction of sp³-hybridized carbons (Fsp3) is 0.889. The third-order valence-electron chi connectivity index (χ3n) is 3.11. The molecule has 1 aliphatic heterocycles. The van der Waals surface area contributed by atoms with Crippen molar-refractivity contribution in [3.05, 3.63) is 0 Å². The minimum Gasteiger partial charge on any atom is -0.327 e. The number of carbonyl (C=O) groups is 1. The second-order valence-electron chi connectivity index (χ2n) is 3.92. The van der Waals surface area contributed by atoms with Crippen LogP contribution in [0.2, 0.25) is 0 Å². The highest BCUT2D eigenvalue weighted by Crippen LogP contribution is 2.43. The molecule has 0 aromatic heterocycles. The first-order valence-corrected chi connectivity index (χ1v) is 6.02. The van der Waals surface area contributed by atoms with Gasteiger partial charge in [0.25, 0.3) is 0 Å². The van der Waals surface area contributed by atoms with Gasteiger partial charge in [0.05, 0.1) is 13.2 Å². The van der Waals surface area contributed by atoms with Crippen molar-refractivity contribution in [2.75, 3.05) is 26.0 Å². The normalized spacial score (nSPS) is 26.2. The summed E-state index contributed by atoms with van der Waals surface area (Å²) < 4.78 is 0.391. The summed E-state index contributed by atoms with van der Waals surface area (Å²) in [5.41, 5.74) is 0. The molecule has 2 aliphatic rings. The maximum Gasteiger partial charge on any atom is 0.237 e. The van der Waals surface area contributed by atoms with E-state index in [-0.39, 0.29) is 5.91 Å².